The number of hydrogen-bond donors (Lipinski definition) is 0. The second-order valence-electron chi connectivity index (χ2n) is 7.61. The van der Waals surface area contributed by atoms with Gasteiger partial charge in [0.2, 0.25) is 0 Å². The Morgan fingerprint density at radius 1 is 0.880 bits per heavy atom. The van der Waals surface area contributed by atoms with Gasteiger partial charge in [0.1, 0.15) is 23.0 Å². The van der Waals surface area contributed by atoms with Crippen molar-refractivity contribution in [1.29, 1.82) is 0 Å². The van der Waals surface area contributed by atoms with Crippen LogP contribution in [0.2, 0.25) is 0 Å². The number of ketones is 1. The Hall–Kier alpha value is -2.12. The minimum Gasteiger partial charge on any atom is -0.467 e. The molecule has 0 rings (SSSR count). The topological polar surface area (TPSA) is 99.2 Å². The largest absolute Gasteiger partial charge is 0.467 e. The van der Waals surface area contributed by atoms with Crippen molar-refractivity contribution in [2.75, 3.05) is 7.11 Å². The maximum atomic E-state index is 12.5. The molecule has 144 valence electrons. The Balaban J connectivity index is 5.75. The maximum absolute atomic E-state index is 12.5. The molecule has 8 heteroatoms. The van der Waals surface area contributed by atoms with Crippen LogP contribution in [-0.2, 0) is 23.8 Å². The van der Waals surface area contributed by atoms with E-state index in [4.69, 9.17) is 9.47 Å². The fourth-order valence-corrected chi connectivity index (χ4v) is 1.78. The molecule has 8 nitrogen and oxygen atoms in total. The second-order valence-corrected chi connectivity index (χ2v) is 7.61. The maximum Gasteiger partial charge on any atom is 0.420 e. The highest BCUT2D eigenvalue weighted by molar-refractivity contribution is 5.94. The molecule has 0 aromatic rings. The van der Waals surface area contributed by atoms with Gasteiger partial charge in [0.25, 0.3) is 0 Å². The quantitative estimate of drug-likeness (QED) is 0.549. The summed E-state index contributed by atoms with van der Waals surface area (Å²) in [5.74, 6) is -1.03. The van der Waals surface area contributed by atoms with Gasteiger partial charge < -0.3 is 19.0 Å². The van der Waals surface area contributed by atoms with Crippen LogP contribution in [-0.4, -0.2) is 53.2 Å². The lowest BCUT2D eigenvalue weighted by Gasteiger charge is -2.32. The van der Waals surface area contributed by atoms with Crippen LogP contribution in [0.1, 0.15) is 61.3 Å². The number of amides is 2. The second kappa shape index (κ2) is 8.82. The van der Waals surface area contributed by atoms with Crippen LogP contribution >= 0.6 is 0 Å². The Labute approximate surface area is 148 Å². The molecule has 0 aromatic heterocycles. The van der Waals surface area contributed by atoms with Gasteiger partial charge in [-0.1, -0.05) is 0 Å². The molecule has 0 fully saturated rings. The summed E-state index contributed by atoms with van der Waals surface area (Å²) in [6, 6.07) is -1.32. The SMILES string of the molecule is COC(=O)[C@@H](CCC(C)=O)N(C(=O)OC(C)(C)C)C(=O)OC(C)(C)C. The van der Waals surface area contributed by atoms with E-state index in [9.17, 15) is 19.2 Å². The summed E-state index contributed by atoms with van der Waals surface area (Å²) >= 11 is 0. The first-order valence-electron chi connectivity index (χ1n) is 8.00. The van der Waals surface area contributed by atoms with Crippen molar-refractivity contribution < 1.29 is 33.4 Å². The summed E-state index contributed by atoms with van der Waals surface area (Å²) in [5.41, 5.74) is -1.78. The van der Waals surface area contributed by atoms with E-state index < -0.39 is 35.4 Å². The Morgan fingerprint density at radius 2 is 1.28 bits per heavy atom. The first-order valence-corrected chi connectivity index (χ1v) is 8.00. The molecule has 0 aliphatic carbocycles. The molecule has 0 aliphatic rings. The summed E-state index contributed by atoms with van der Waals surface area (Å²) in [6.07, 6.45) is -2.18. The first kappa shape index (κ1) is 22.9. The number of hydrogen-bond acceptors (Lipinski definition) is 7. The fraction of sp³-hybridized carbons (Fsp3) is 0.765. The van der Waals surface area contributed by atoms with Gasteiger partial charge in [0.05, 0.1) is 7.11 Å². The van der Waals surface area contributed by atoms with E-state index in [0.717, 1.165) is 7.11 Å². The van der Waals surface area contributed by atoms with Gasteiger partial charge >= 0.3 is 18.2 Å². The number of carbonyl (C=O) groups excluding carboxylic acids is 4. The molecule has 0 N–H and O–H groups in total. The molecular weight excluding hydrogens is 330 g/mol. The molecule has 0 radical (unpaired) electrons. The zero-order valence-corrected chi connectivity index (χ0v) is 16.3. The smallest absolute Gasteiger partial charge is 0.420 e. The molecule has 0 saturated carbocycles. The Bertz CT molecular complexity index is 486. The zero-order valence-electron chi connectivity index (χ0n) is 16.3. The molecule has 0 aliphatic heterocycles. The lowest BCUT2D eigenvalue weighted by Crippen LogP contribution is -2.52. The van der Waals surface area contributed by atoms with E-state index in [1.807, 2.05) is 0 Å². The third-order valence-corrected chi connectivity index (χ3v) is 2.74. The van der Waals surface area contributed by atoms with Crippen LogP contribution in [0.5, 0.6) is 0 Å². The van der Waals surface area contributed by atoms with Crippen LogP contribution in [0, 0.1) is 0 Å². The van der Waals surface area contributed by atoms with Crippen molar-refractivity contribution in [2.45, 2.75) is 78.6 Å². The minimum atomic E-state index is -1.32. The van der Waals surface area contributed by atoms with Crippen molar-refractivity contribution in [2.24, 2.45) is 0 Å². The highest BCUT2D eigenvalue weighted by atomic mass is 16.6. The third-order valence-electron chi connectivity index (χ3n) is 2.74. The van der Waals surface area contributed by atoms with E-state index in [2.05, 4.69) is 4.74 Å². The van der Waals surface area contributed by atoms with Gasteiger partial charge in [-0.05, 0) is 54.9 Å². The van der Waals surface area contributed by atoms with Gasteiger partial charge in [-0.3, -0.25) is 0 Å². The van der Waals surface area contributed by atoms with Gasteiger partial charge in [0, 0.05) is 6.42 Å². The Kier molecular flexibility index (Phi) is 8.08. The van der Waals surface area contributed by atoms with Crippen molar-refractivity contribution in [3.05, 3.63) is 0 Å². The molecule has 0 bridgehead atoms. The zero-order chi connectivity index (χ0) is 20.0. The van der Waals surface area contributed by atoms with Crippen molar-refractivity contribution in [3.8, 4) is 0 Å². The number of nitrogens with zero attached hydrogens (tertiary/aromatic N) is 1. The lowest BCUT2D eigenvalue weighted by molar-refractivity contribution is -0.147. The van der Waals surface area contributed by atoms with Crippen LogP contribution < -0.4 is 0 Å². The minimum absolute atomic E-state index is 0.0120. The van der Waals surface area contributed by atoms with E-state index >= 15 is 0 Å². The standard InChI is InChI=1S/C17H29NO7/c1-11(19)9-10-12(13(20)23-8)18(14(21)24-16(2,3)4)15(22)25-17(5,6)7/h12H,9-10H2,1-8H3/t12-/m1/s1. The molecule has 0 heterocycles. The molecule has 25 heavy (non-hydrogen) atoms. The van der Waals surface area contributed by atoms with Crippen molar-refractivity contribution in [3.63, 3.8) is 0 Å². The van der Waals surface area contributed by atoms with E-state index in [-0.39, 0.29) is 18.6 Å². The molecule has 0 saturated heterocycles. The highest BCUT2D eigenvalue weighted by Gasteiger charge is 2.40. The van der Waals surface area contributed by atoms with Gasteiger partial charge in [-0.15, -0.1) is 0 Å². The van der Waals surface area contributed by atoms with E-state index in [1.54, 1.807) is 41.5 Å². The number of ether oxygens (including phenoxy) is 3. The summed E-state index contributed by atoms with van der Waals surface area (Å²) in [5, 5.41) is 0. The summed E-state index contributed by atoms with van der Waals surface area (Å²) in [6.45, 7) is 11.1. The van der Waals surface area contributed by atoms with Gasteiger partial charge in [0.15, 0.2) is 0 Å². The van der Waals surface area contributed by atoms with Crippen molar-refractivity contribution in [1.82, 2.24) is 4.90 Å². The number of Topliss-reactive ketones (excluding diaryl/α,β-unsaturated/α-hetero) is 1. The summed E-state index contributed by atoms with van der Waals surface area (Å²) in [7, 11) is 1.13. The normalized spacial score (nSPS) is 12.8. The van der Waals surface area contributed by atoms with Crippen LogP contribution in [0.4, 0.5) is 9.59 Å². The Morgan fingerprint density at radius 3 is 1.56 bits per heavy atom. The predicted octanol–water partition coefficient (Wildman–Crippen LogP) is 3.07. The monoisotopic (exact) mass is 359 g/mol. The predicted molar refractivity (Wildman–Crippen MR) is 90.0 cm³/mol. The van der Waals surface area contributed by atoms with Gasteiger partial charge in [-0.2, -0.15) is 4.90 Å². The summed E-state index contributed by atoms with van der Waals surface area (Å²) < 4.78 is 15.1. The molecular formula is C17H29NO7. The molecule has 0 spiro atoms. The number of esters is 1. The van der Waals surface area contributed by atoms with E-state index in [0.29, 0.717) is 4.90 Å². The third kappa shape index (κ3) is 9.07. The lowest BCUT2D eigenvalue weighted by atomic mass is 10.1. The molecule has 0 aromatic carbocycles. The van der Waals surface area contributed by atoms with Crippen LogP contribution in [0.25, 0.3) is 0 Å². The number of rotatable bonds is 5. The summed E-state index contributed by atoms with van der Waals surface area (Å²) in [4.78, 5) is 49.0. The average Bonchev–Trinajstić information content (AvgIpc) is 2.37. The van der Waals surface area contributed by atoms with Crippen LogP contribution in [0.3, 0.4) is 0 Å². The van der Waals surface area contributed by atoms with Crippen molar-refractivity contribution >= 4 is 23.9 Å². The molecule has 2 amide bonds. The fourth-order valence-electron chi connectivity index (χ4n) is 1.78. The van der Waals surface area contributed by atoms with E-state index in [1.165, 1.54) is 6.92 Å². The number of methoxy groups -OCH3 is 1. The highest BCUT2D eigenvalue weighted by Crippen LogP contribution is 2.20. The number of carbonyl (C=O) groups is 4. The molecule has 1 atom stereocenters. The first-order chi connectivity index (χ1) is 11.2. The molecule has 0 unspecified atom stereocenters. The average molecular weight is 359 g/mol. The van der Waals surface area contributed by atoms with Crippen LogP contribution in [0.15, 0.2) is 0 Å². The van der Waals surface area contributed by atoms with Gasteiger partial charge in [-0.25, -0.2) is 14.4 Å². The number of imide groups is 1.